The first-order valence-electron chi connectivity index (χ1n) is 7.67. The molecule has 128 valence electrons. The Morgan fingerprint density at radius 2 is 1.74 bits per heavy atom. The molecule has 1 aromatic heterocycles. The fraction of sp³-hybridized carbons (Fsp3) is 0.562. The fourth-order valence-corrected chi connectivity index (χ4v) is 2.05. The third kappa shape index (κ3) is 6.99. The molecule has 0 aliphatic rings. The van der Waals surface area contributed by atoms with Crippen molar-refractivity contribution >= 4 is 17.7 Å². The molecule has 0 radical (unpaired) electrons. The molecule has 0 aliphatic carbocycles. The smallest absolute Gasteiger partial charge is 0.242 e. The van der Waals surface area contributed by atoms with E-state index in [2.05, 4.69) is 16.0 Å². The van der Waals surface area contributed by atoms with Gasteiger partial charge in [-0.1, -0.05) is 6.92 Å². The summed E-state index contributed by atoms with van der Waals surface area (Å²) in [6.45, 7) is 6.99. The Hall–Kier alpha value is -2.31. The van der Waals surface area contributed by atoms with Crippen LogP contribution in [0.1, 0.15) is 33.5 Å². The van der Waals surface area contributed by atoms with Crippen molar-refractivity contribution in [1.29, 1.82) is 0 Å². The predicted octanol–water partition coefficient (Wildman–Crippen LogP) is 0.604. The minimum atomic E-state index is -0.680. The standard InChI is InChI=1S/C16H25N3O4/c1-10(8-14-6-5-7-23-14)9-17-15(21)11(2)19-16(22)12(3)18-13(4)20/h5-7,10-12H,8-9H2,1-4H3,(H,17,21)(H,18,20)(H,19,22). The molecule has 1 rings (SSSR count). The summed E-state index contributed by atoms with van der Waals surface area (Å²) in [5.41, 5.74) is 0. The van der Waals surface area contributed by atoms with Crippen molar-refractivity contribution in [3.05, 3.63) is 24.2 Å². The summed E-state index contributed by atoms with van der Waals surface area (Å²) in [6, 6.07) is 2.37. The lowest BCUT2D eigenvalue weighted by molar-refractivity contribution is -0.131. The van der Waals surface area contributed by atoms with Gasteiger partial charge in [-0.05, 0) is 31.9 Å². The van der Waals surface area contributed by atoms with Gasteiger partial charge in [-0.15, -0.1) is 0 Å². The molecular formula is C16H25N3O4. The maximum atomic E-state index is 12.0. The van der Waals surface area contributed by atoms with Gasteiger partial charge >= 0.3 is 0 Å². The van der Waals surface area contributed by atoms with Gasteiger partial charge in [-0.3, -0.25) is 14.4 Å². The van der Waals surface area contributed by atoms with Gasteiger partial charge in [0.05, 0.1) is 6.26 Å². The summed E-state index contributed by atoms with van der Waals surface area (Å²) in [6.07, 6.45) is 2.35. The largest absolute Gasteiger partial charge is 0.469 e. The van der Waals surface area contributed by atoms with E-state index < -0.39 is 18.0 Å². The van der Waals surface area contributed by atoms with E-state index >= 15 is 0 Å². The Morgan fingerprint density at radius 1 is 1.09 bits per heavy atom. The van der Waals surface area contributed by atoms with Crippen LogP contribution < -0.4 is 16.0 Å². The van der Waals surface area contributed by atoms with Crippen LogP contribution >= 0.6 is 0 Å². The highest BCUT2D eigenvalue weighted by molar-refractivity contribution is 5.91. The Bertz CT molecular complexity index is 527. The van der Waals surface area contributed by atoms with E-state index in [0.29, 0.717) is 6.54 Å². The van der Waals surface area contributed by atoms with Crippen LogP contribution in [0.25, 0.3) is 0 Å². The number of hydrogen-bond acceptors (Lipinski definition) is 4. The molecule has 0 aliphatic heterocycles. The number of carbonyl (C=O) groups is 3. The molecule has 0 saturated carbocycles. The van der Waals surface area contributed by atoms with E-state index in [4.69, 9.17) is 4.42 Å². The molecular weight excluding hydrogens is 298 g/mol. The first kappa shape index (κ1) is 18.7. The quantitative estimate of drug-likeness (QED) is 0.652. The summed E-state index contributed by atoms with van der Waals surface area (Å²) < 4.78 is 5.26. The first-order chi connectivity index (χ1) is 10.8. The van der Waals surface area contributed by atoms with Crippen molar-refractivity contribution < 1.29 is 18.8 Å². The van der Waals surface area contributed by atoms with Gasteiger partial charge in [-0.2, -0.15) is 0 Å². The van der Waals surface area contributed by atoms with Crippen LogP contribution in [-0.2, 0) is 20.8 Å². The lowest BCUT2D eigenvalue weighted by Gasteiger charge is -2.19. The topological polar surface area (TPSA) is 100 Å². The SMILES string of the molecule is CC(=O)NC(C)C(=O)NC(C)C(=O)NCC(C)Cc1ccco1. The maximum absolute atomic E-state index is 12.0. The van der Waals surface area contributed by atoms with Gasteiger partial charge in [0.25, 0.3) is 0 Å². The zero-order valence-electron chi connectivity index (χ0n) is 14.0. The second kappa shape index (κ2) is 8.97. The normalized spacial score (nSPS) is 14.4. The molecule has 23 heavy (non-hydrogen) atoms. The van der Waals surface area contributed by atoms with Crippen molar-refractivity contribution in [2.75, 3.05) is 6.54 Å². The number of rotatable bonds is 8. The van der Waals surface area contributed by atoms with Crippen molar-refractivity contribution in [1.82, 2.24) is 16.0 Å². The summed E-state index contributed by atoms with van der Waals surface area (Å²) in [5.74, 6) is 0.131. The predicted molar refractivity (Wildman–Crippen MR) is 85.5 cm³/mol. The second-order valence-electron chi connectivity index (χ2n) is 5.79. The van der Waals surface area contributed by atoms with Crippen molar-refractivity contribution in [3.8, 4) is 0 Å². The molecule has 0 saturated heterocycles. The number of amides is 3. The Labute approximate surface area is 136 Å². The van der Waals surface area contributed by atoms with Crippen molar-refractivity contribution in [2.24, 2.45) is 5.92 Å². The minimum Gasteiger partial charge on any atom is -0.469 e. The van der Waals surface area contributed by atoms with Gasteiger partial charge in [0.15, 0.2) is 0 Å². The molecule has 3 unspecified atom stereocenters. The fourth-order valence-electron chi connectivity index (χ4n) is 2.05. The highest BCUT2D eigenvalue weighted by Crippen LogP contribution is 2.08. The molecule has 0 fully saturated rings. The molecule has 3 atom stereocenters. The van der Waals surface area contributed by atoms with Crippen LogP contribution in [0, 0.1) is 5.92 Å². The molecule has 0 aromatic carbocycles. The van der Waals surface area contributed by atoms with E-state index in [1.165, 1.54) is 6.92 Å². The lowest BCUT2D eigenvalue weighted by atomic mass is 10.1. The van der Waals surface area contributed by atoms with E-state index in [1.807, 2.05) is 19.1 Å². The minimum absolute atomic E-state index is 0.214. The van der Waals surface area contributed by atoms with Crippen LogP contribution in [0.4, 0.5) is 0 Å². The molecule has 3 N–H and O–H groups in total. The zero-order valence-corrected chi connectivity index (χ0v) is 14.0. The van der Waals surface area contributed by atoms with Gasteiger partial charge in [0.2, 0.25) is 17.7 Å². The van der Waals surface area contributed by atoms with Crippen LogP contribution in [0.15, 0.2) is 22.8 Å². The number of furan rings is 1. The lowest BCUT2D eigenvalue weighted by Crippen LogP contribution is -2.51. The van der Waals surface area contributed by atoms with E-state index in [0.717, 1.165) is 12.2 Å². The van der Waals surface area contributed by atoms with Crippen LogP contribution in [0.3, 0.4) is 0 Å². The van der Waals surface area contributed by atoms with Crippen molar-refractivity contribution in [2.45, 2.75) is 46.2 Å². The van der Waals surface area contributed by atoms with E-state index in [1.54, 1.807) is 20.1 Å². The third-order valence-corrected chi connectivity index (χ3v) is 3.32. The molecule has 1 aromatic rings. The summed E-state index contributed by atoms with van der Waals surface area (Å²) in [4.78, 5) is 34.7. The Balaban J connectivity index is 2.33. The Kier molecular flexibility index (Phi) is 7.31. The zero-order chi connectivity index (χ0) is 17.4. The second-order valence-corrected chi connectivity index (χ2v) is 5.79. The monoisotopic (exact) mass is 323 g/mol. The number of hydrogen-bond donors (Lipinski definition) is 3. The summed E-state index contributed by atoms with van der Waals surface area (Å²) in [7, 11) is 0. The molecule has 0 spiro atoms. The van der Waals surface area contributed by atoms with Crippen LogP contribution in [-0.4, -0.2) is 36.3 Å². The molecule has 1 heterocycles. The van der Waals surface area contributed by atoms with Gasteiger partial charge in [0, 0.05) is 19.9 Å². The molecule has 0 bridgehead atoms. The average molecular weight is 323 g/mol. The number of nitrogens with one attached hydrogen (secondary N) is 3. The third-order valence-electron chi connectivity index (χ3n) is 3.32. The van der Waals surface area contributed by atoms with Gasteiger partial charge < -0.3 is 20.4 Å². The summed E-state index contributed by atoms with van der Waals surface area (Å²) >= 11 is 0. The average Bonchev–Trinajstić information content (AvgIpc) is 2.96. The summed E-state index contributed by atoms with van der Waals surface area (Å²) in [5, 5.41) is 7.84. The highest BCUT2D eigenvalue weighted by Gasteiger charge is 2.20. The van der Waals surface area contributed by atoms with Crippen LogP contribution in [0.2, 0.25) is 0 Å². The van der Waals surface area contributed by atoms with E-state index in [9.17, 15) is 14.4 Å². The number of carbonyl (C=O) groups excluding carboxylic acids is 3. The van der Waals surface area contributed by atoms with E-state index in [-0.39, 0.29) is 17.7 Å². The van der Waals surface area contributed by atoms with Crippen LogP contribution in [0.5, 0.6) is 0 Å². The Morgan fingerprint density at radius 3 is 2.30 bits per heavy atom. The highest BCUT2D eigenvalue weighted by atomic mass is 16.3. The molecule has 7 nitrogen and oxygen atoms in total. The maximum Gasteiger partial charge on any atom is 0.242 e. The first-order valence-corrected chi connectivity index (χ1v) is 7.67. The van der Waals surface area contributed by atoms with Gasteiger partial charge in [0.1, 0.15) is 17.8 Å². The van der Waals surface area contributed by atoms with Crippen molar-refractivity contribution in [3.63, 3.8) is 0 Å². The molecule has 7 heteroatoms. The molecule has 3 amide bonds. The van der Waals surface area contributed by atoms with Gasteiger partial charge in [-0.25, -0.2) is 0 Å².